The van der Waals surface area contributed by atoms with Gasteiger partial charge in [-0.2, -0.15) is 0 Å². The number of nitrogens with zero attached hydrogens (tertiary/aromatic N) is 1. The highest BCUT2D eigenvalue weighted by atomic mass is 35.5. The molecule has 27 heavy (non-hydrogen) atoms. The molecule has 0 radical (unpaired) electrons. The van der Waals surface area contributed by atoms with Gasteiger partial charge in [-0.05, 0) is 42.5 Å². The van der Waals surface area contributed by atoms with Gasteiger partial charge < -0.3 is 10.6 Å². The van der Waals surface area contributed by atoms with Gasteiger partial charge in [0, 0.05) is 21.6 Å². The zero-order valence-corrected chi connectivity index (χ0v) is 15.2. The summed E-state index contributed by atoms with van der Waals surface area (Å²) in [5, 5.41) is 5.84. The largest absolute Gasteiger partial charge is 0.321 e. The number of aromatic nitrogens is 1. The molecule has 134 valence electrons. The minimum atomic E-state index is -0.481. The van der Waals surface area contributed by atoms with E-state index >= 15 is 0 Å². The number of pyridine rings is 1. The van der Waals surface area contributed by atoms with Crippen molar-refractivity contribution in [3.63, 3.8) is 0 Å². The van der Waals surface area contributed by atoms with Crippen LogP contribution in [0.25, 0.3) is 0 Å². The van der Waals surface area contributed by atoms with Gasteiger partial charge in [0.1, 0.15) is 5.82 Å². The molecule has 0 fully saturated rings. The van der Waals surface area contributed by atoms with E-state index in [4.69, 9.17) is 11.6 Å². The van der Waals surface area contributed by atoms with Gasteiger partial charge in [0.2, 0.25) is 0 Å². The summed E-state index contributed by atoms with van der Waals surface area (Å²) in [6, 6.07) is 10.6. The van der Waals surface area contributed by atoms with Crippen LogP contribution in [-0.2, 0) is 0 Å². The van der Waals surface area contributed by atoms with E-state index in [0.717, 1.165) is 4.90 Å². The van der Waals surface area contributed by atoms with E-state index in [1.807, 2.05) is 0 Å². The quantitative estimate of drug-likeness (QED) is 0.646. The molecule has 2 heterocycles. The van der Waals surface area contributed by atoms with Gasteiger partial charge in [-0.25, -0.2) is 4.39 Å². The Hall–Kier alpha value is -2.90. The summed E-state index contributed by atoms with van der Waals surface area (Å²) in [6.45, 7) is 0. The summed E-state index contributed by atoms with van der Waals surface area (Å²) in [4.78, 5) is 30.2. The van der Waals surface area contributed by atoms with Crippen molar-refractivity contribution in [2.75, 3.05) is 10.6 Å². The summed E-state index contributed by atoms with van der Waals surface area (Å²) < 4.78 is 13.5. The van der Waals surface area contributed by atoms with Crippen LogP contribution in [0.3, 0.4) is 0 Å². The van der Waals surface area contributed by atoms with Crippen LogP contribution < -0.4 is 10.6 Å². The van der Waals surface area contributed by atoms with Gasteiger partial charge in [0.05, 0.1) is 28.2 Å². The van der Waals surface area contributed by atoms with Crippen molar-refractivity contribution in [3.05, 3.63) is 76.8 Å². The van der Waals surface area contributed by atoms with Crippen molar-refractivity contribution in [2.45, 2.75) is 9.79 Å². The Balaban J connectivity index is 1.63. The number of anilines is 2. The molecule has 0 spiro atoms. The van der Waals surface area contributed by atoms with Crippen LogP contribution in [0.4, 0.5) is 15.8 Å². The highest BCUT2D eigenvalue weighted by molar-refractivity contribution is 7.99. The topological polar surface area (TPSA) is 71.1 Å². The second kappa shape index (κ2) is 7.02. The maximum absolute atomic E-state index is 13.5. The molecular formula is C19H11ClFN3O2S. The number of hydrogen-bond donors (Lipinski definition) is 2. The van der Waals surface area contributed by atoms with Crippen molar-refractivity contribution < 1.29 is 14.0 Å². The molecule has 2 aromatic carbocycles. The van der Waals surface area contributed by atoms with Gasteiger partial charge in [-0.1, -0.05) is 23.4 Å². The Morgan fingerprint density at radius 3 is 2.74 bits per heavy atom. The second-order valence-electron chi connectivity index (χ2n) is 5.75. The van der Waals surface area contributed by atoms with Crippen LogP contribution in [0.2, 0.25) is 5.02 Å². The summed E-state index contributed by atoms with van der Waals surface area (Å²) in [5.74, 6) is -1.27. The average Bonchev–Trinajstić information content (AvgIpc) is 2.77. The monoisotopic (exact) mass is 399 g/mol. The Morgan fingerprint density at radius 1 is 1.11 bits per heavy atom. The molecule has 5 nitrogen and oxygen atoms in total. The first kappa shape index (κ1) is 17.5. The highest BCUT2D eigenvalue weighted by Gasteiger charge is 2.21. The van der Waals surface area contributed by atoms with E-state index < -0.39 is 11.7 Å². The fraction of sp³-hybridized carbons (Fsp3) is 0. The van der Waals surface area contributed by atoms with E-state index in [2.05, 4.69) is 15.6 Å². The lowest BCUT2D eigenvalue weighted by Gasteiger charge is -2.10. The molecule has 0 saturated carbocycles. The number of hydrogen-bond acceptors (Lipinski definition) is 4. The summed E-state index contributed by atoms with van der Waals surface area (Å²) in [6.07, 6.45) is 2.95. The Kier molecular flexibility index (Phi) is 4.55. The van der Waals surface area contributed by atoms with Gasteiger partial charge in [0.25, 0.3) is 11.8 Å². The van der Waals surface area contributed by atoms with Gasteiger partial charge in [-0.3, -0.25) is 14.6 Å². The number of nitrogens with one attached hydrogen (secondary N) is 2. The minimum Gasteiger partial charge on any atom is -0.321 e. The van der Waals surface area contributed by atoms with E-state index in [-0.39, 0.29) is 11.5 Å². The molecule has 2 N–H and O–H groups in total. The highest BCUT2D eigenvalue weighted by Crippen LogP contribution is 2.39. The molecule has 1 aromatic heterocycles. The number of benzene rings is 2. The number of rotatable bonds is 2. The van der Waals surface area contributed by atoms with E-state index in [9.17, 15) is 14.0 Å². The number of fused-ring (bicyclic) bond motifs is 2. The Labute approximate surface area is 163 Å². The molecule has 3 aromatic rings. The maximum atomic E-state index is 13.5. The van der Waals surface area contributed by atoms with Crippen molar-refractivity contribution in [3.8, 4) is 0 Å². The van der Waals surface area contributed by atoms with Crippen LogP contribution in [0.15, 0.2) is 64.6 Å². The van der Waals surface area contributed by atoms with Gasteiger partial charge in [-0.15, -0.1) is 0 Å². The lowest BCUT2D eigenvalue weighted by Crippen LogP contribution is -2.14. The predicted octanol–water partition coefficient (Wildman–Crippen LogP) is 4.84. The number of halogens is 2. The first-order valence-electron chi connectivity index (χ1n) is 7.84. The Morgan fingerprint density at radius 2 is 1.93 bits per heavy atom. The van der Waals surface area contributed by atoms with Crippen molar-refractivity contribution in [2.24, 2.45) is 0 Å². The van der Waals surface area contributed by atoms with Crippen molar-refractivity contribution >= 4 is 46.6 Å². The molecule has 0 saturated heterocycles. The summed E-state index contributed by atoms with van der Waals surface area (Å²) in [7, 11) is 0. The smallest absolute Gasteiger partial charge is 0.256 e. The standard InChI is InChI=1S/C19H11ClFN3O2S/c20-11-6-13(9-22-8-11)23-18(25)10-1-3-17-15(5-10)24-19(26)14-7-12(21)2-4-16(14)27-17/h1-9H,(H,23,25)(H,24,26). The normalized spacial score (nSPS) is 12.4. The van der Waals surface area contributed by atoms with Crippen molar-refractivity contribution in [1.29, 1.82) is 0 Å². The maximum Gasteiger partial charge on any atom is 0.256 e. The number of carbonyl (C=O) groups excluding carboxylic acids is 2. The van der Waals surface area contributed by atoms with Crippen LogP contribution in [0.1, 0.15) is 20.7 Å². The third kappa shape index (κ3) is 3.65. The van der Waals surface area contributed by atoms with Gasteiger partial charge in [0.15, 0.2) is 0 Å². The van der Waals surface area contributed by atoms with Crippen molar-refractivity contribution in [1.82, 2.24) is 4.98 Å². The summed E-state index contributed by atoms with van der Waals surface area (Å²) in [5.41, 5.74) is 1.56. The van der Waals surface area contributed by atoms with Crippen LogP contribution in [0, 0.1) is 5.82 Å². The molecule has 1 aliphatic heterocycles. The molecule has 8 heteroatoms. The average molecular weight is 400 g/mol. The predicted molar refractivity (Wildman–Crippen MR) is 102 cm³/mol. The minimum absolute atomic E-state index is 0.257. The molecule has 0 bridgehead atoms. The lowest BCUT2D eigenvalue weighted by molar-refractivity contribution is 0.101. The molecule has 0 atom stereocenters. The fourth-order valence-corrected chi connectivity index (χ4v) is 3.78. The SMILES string of the molecule is O=C(Nc1cncc(Cl)c1)c1ccc2c(c1)NC(=O)c1cc(F)ccc1S2. The van der Waals surface area contributed by atoms with Crippen LogP contribution in [0.5, 0.6) is 0 Å². The molecule has 0 aliphatic carbocycles. The first-order valence-corrected chi connectivity index (χ1v) is 9.04. The van der Waals surface area contributed by atoms with Crippen LogP contribution in [-0.4, -0.2) is 16.8 Å². The molecule has 2 amide bonds. The molecule has 0 unspecified atom stereocenters. The number of amides is 2. The number of carbonyl (C=O) groups is 2. The zero-order valence-electron chi connectivity index (χ0n) is 13.6. The second-order valence-corrected chi connectivity index (χ2v) is 7.27. The molecule has 1 aliphatic rings. The molecule has 4 rings (SSSR count). The fourth-order valence-electron chi connectivity index (χ4n) is 2.62. The molecular weight excluding hydrogens is 389 g/mol. The third-order valence-electron chi connectivity index (χ3n) is 3.86. The van der Waals surface area contributed by atoms with E-state index in [1.165, 1.54) is 36.3 Å². The third-order valence-corrected chi connectivity index (χ3v) is 5.22. The van der Waals surface area contributed by atoms with E-state index in [1.54, 1.807) is 30.3 Å². The van der Waals surface area contributed by atoms with Crippen LogP contribution >= 0.6 is 23.4 Å². The first-order chi connectivity index (χ1) is 13.0. The van der Waals surface area contributed by atoms with Gasteiger partial charge >= 0.3 is 0 Å². The van der Waals surface area contributed by atoms with E-state index in [0.29, 0.717) is 26.9 Å². The summed E-state index contributed by atoms with van der Waals surface area (Å²) >= 11 is 7.20. The lowest BCUT2D eigenvalue weighted by atomic mass is 10.1. The zero-order chi connectivity index (χ0) is 19.0. The Bertz CT molecular complexity index is 1090.